The molecule has 0 spiro atoms. The lowest BCUT2D eigenvalue weighted by atomic mass is 9.81. The summed E-state index contributed by atoms with van der Waals surface area (Å²) in [6.07, 6.45) is 6.94. The van der Waals surface area contributed by atoms with Gasteiger partial charge in [-0.25, -0.2) is 0 Å². The van der Waals surface area contributed by atoms with Crippen molar-refractivity contribution in [2.75, 3.05) is 0 Å². The highest BCUT2D eigenvalue weighted by Crippen LogP contribution is 2.54. The van der Waals surface area contributed by atoms with E-state index in [0.717, 1.165) is 32.1 Å². The molecule has 3 aliphatic rings. The number of aliphatic carboxylic acids is 1. The first-order chi connectivity index (χ1) is 6.70. The van der Waals surface area contributed by atoms with Crippen LogP contribution in [0.2, 0.25) is 0 Å². The van der Waals surface area contributed by atoms with Gasteiger partial charge in [-0.15, -0.1) is 0 Å². The molecule has 0 aromatic heterocycles. The number of ether oxygens (including phenoxy) is 1. The predicted molar refractivity (Wildman–Crippen MR) is 49.9 cm³/mol. The van der Waals surface area contributed by atoms with Crippen molar-refractivity contribution in [2.45, 2.75) is 50.7 Å². The Hall–Kier alpha value is -0.570. The molecule has 3 heteroatoms. The van der Waals surface area contributed by atoms with E-state index in [1.807, 2.05) is 0 Å². The molecule has 78 valence electrons. The van der Waals surface area contributed by atoms with E-state index in [9.17, 15) is 4.79 Å². The van der Waals surface area contributed by atoms with Gasteiger partial charge in [0.1, 0.15) is 0 Å². The highest BCUT2D eigenvalue weighted by atomic mass is 16.5. The van der Waals surface area contributed by atoms with Gasteiger partial charge in [0.15, 0.2) is 0 Å². The van der Waals surface area contributed by atoms with Crippen molar-refractivity contribution in [1.29, 1.82) is 0 Å². The number of carboxylic acid groups (broad SMARTS) is 1. The second-order valence-corrected chi connectivity index (χ2v) is 5.16. The topological polar surface area (TPSA) is 46.5 Å². The highest BCUT2D eigenvalue weighted by Gasteiger charge is 2.54. The zero-order valence-electron chi connectivity index (χ0n) is 8.24. The summed E-state index contributed by atoms with van der Waals surface area (Å²) >= 11 is 0. The molecule has 1 aliphatic carbocycles. The van der Waals surface area contributed by atoms with Gasteiger partial charge >= 0.3 is 5.97 Å². The first-order valence-electron chi connectivity index (χ1n) is 5.58. The standard InChI is InChI=1S/C11H16O3/c12-10(13)11(3-4-11)6-7-5-8-1-2-9(7)14-8/h7-9H,1-6H2,(H,12,13). The van der Waals surface area contributed by atoms with Crippen molar-refractivity contribution < 1.29 is 14.6 Å². The van der Waals surface area contributed by atoms with Crippen molar-refractivity contribution in [2.24, 2.45) is 11.3 Å². The number of hydrogen-bond acceptors (Lipinski definition) is 2. The van der Waals surface area contributed by atoms with Gasteiger partial charge in [-0.2, -0.15) is 0 Å². The maximum atomic E-state index is 11.0. The fourth-order valence-corrected chi connectivity index (χ4v) is 3.12. The quantitative estimate of drug-likeness (QED) is 0.748. The number of carbonyl (C=O) groups is 1. The summed E-state index contributed by atoms with van der Waals surface area (Å²) in [5.41, 5.74) is -0.349. The average Bonchev–Trinajstić information content (AvgIpc) is 2.66. The number of hydrogen-bond donors (Lipinski definition) is 1. The molecule has 0 radical (unpaired) electrons. The SMILES string of the molecule is O=C(O)C1(CC2CC3CCC2O3)CC1. The molecule has 0 amide bonds. The lowest BCUT2D eigenvalue weighted by Gasteiger charge is -2.21. The van der Waals surface area contributed by atoms with Crippen LogP contribution in [0.1, 0.15) is 38.5 Å². The molecule has 3 rings (SSSR count). The van der Waals surface area contributed by atoms with Gasteiger partial charge in [0.25, 0.3) is 0 Å². The summed E-state index contributed by atoms with van der Waals surface area (Å²) in [6.45, 7) is 0. The lowest BCUT2D eigenvalue weighted by Crippen LogP contribution is -2.24. The van der Waals surface area contributed by atoms with Gasteiger partial charge in [0.05, 0.1) is 17.6 Å². The zero-order valence-corrected chi connectivity index (χ0v) is 8.24. The Morgan fingerprint density at radius 1 is 1.43 bits per heavy atom. The van der Waals surface area contributed by atoms with Gasteiger partial charge in [-0.05, 0) is 44.4 Å². The van der Waals surface area contributed by atoms with Crippen LogP contribution in [0.5, 0.6) is 0 Å². The molecule has 1 saturated carbocycles. The Kier molecular flexibility index (Phi) is 1.69. The number of rotatable bonds is 3. The molecule has 3 unspecified atom stereocenters. The maximum absolute atomic E-state index is 11.0. The molecule has 2 bridgehead atoms. The molecule has 1 N–H and O–H groups in total. The molecule has 0 aromatic rings. The summed E-state index contributed by atoms with van der Waals surface area (Å²) < 4.78 is 5.75. The number of fused-ring (bicyclic) bond motifs is 2. The molecule has 0 aromatic carbocycles. The van der Waals surface area contributed by atoms with Gasteiger partial charge in [0.2, 0.25) is 0 Å². The van der Waals surface area contributed by atoms with Crippen LogP contribution >= 0.6 is 0 Å². The Morgan fingerprint density at radius 3 is 2.64 bits per heavy atom. The fourth-order valence-electron chi connectivity index (χ4n) is 3.12. The maximum Gasteiger partial charge on any atom is 0.309 e. The summed E-state index contributed by atoms with van der Waals surface area (Å²) in [5, 5.41) is 9.09. The lowest BCUT2D eigenvalue weighted by molar-refractivity contribution is -0.144. The molecule has 3 atom stereocenters. The first kappa shape index (κ1) is 8.72. The van der Waals surface area contributed by atoms with Crippen LogP contribution in [0, 0.1) is 11.3 Å². The van der Waals surface area contributed by atoms with Crippen LogP contribution in [0.3, 0.4) is 0 Å². The van der Waals surface area contributed by atoms with E-state index in [1.165, 1.54) is 6.42 Å². The Labute approximate surface area is 83.4 Å². The van der Waals surface area contributed by atoms with E-state index >= 15 is 0 Å². The minimum absolute atomic E-state index is 0.349. The minimum atomic E-state index is -0.583. The average molecular weight is 196 g/mol. The summed E-state index contributed by atoms with van der Waals surface area (Å²) in [7, 11) is 0. The van der Waals surface area contributed by atoms with Gasteiger partial charge in [-0.1, -0.05) is 0 Å². The van der Waals surface area contributed by atoms with E-state index in [4.69, 9.17) is 9.84 Å². The highest BCUT2D eigenvalue weighted by molar-refractivity contribution is 5.77. The van der Waals surface area contributed by atoms with E-state index < -0.39 is 5.97 Å². The molecular formula is C11H16O3. The van der Waals surface area contributed by atoms with Crippen molar-refractivity contribution in [3.05, 3.63) is 0 Å². The Bertz CT molecular complexity index is 270. The first-order valence-corrected chi connectivity index (χ1v) is 5.58. The smallest absolute Gasteiger partial charge is 0.309 e. The van der Waals surface area contributed by atoms with Crippen molar-refractivity contribution in [3.8, 4) is 0 Å². The van der Waals surface area contributed by atoms with Crippen LogP contribution in [0.25, 0.3) is 0 Å². The largest absolute Gasteiger partial charge is 0.481 e. The van der Waals surface area contributed by atoms with Crippen LogP contribution in [0.15, 0.2) is 0 Å². The van der Waals surface area contributed by atoms with Gasteiger partial charge < -0.3 is 9.84 Å². The van der Waals surface area contributed by atoms with Crippen molar-refractivity contribution >= 4 is 5.97 Å². The molecule has 2 saturated heterocycles. The van der Waals surface area contributed by atoms with Gasteiger partial charge in [0, 0.05) is 0 Å². The molecule has 14 heavy (non-hydrogen) atoms. The second-order valence-electron chi connectivity index (χ2n) is 5.16. The second kappa shape index (κ2) is 2.72. The summed E-state index contributed by atoms with van der Waals surface area (Å²) in [6, 6.07) is 0. The van der Waals surface area contributed by atoms with E-state index in [0.29, 0.717) is 18.1 Å². The Balaban J connectivity index is 1.66. The van der Waals surface area contributed by atoms with Crippen LogP contribution < -0.4 is 0 Å². The molecular weight excluding hydrogens is 180 g/mol. The molecule has 3 fully saturated rings. The molecule has 2 aliphatic heterocycles. The fraction of sp³-hybridized carbons (Fsp3) is 0.909. The Morgan fingerprint density at radius 2 is 2.21 bits per heavy atom. The molecule has 3 nitrogen and oxygen atoms in total. The van der Waals surface area contributed by atoms with E-state index in [2.05, 4.69) is 0 Å². The third-order valence-corrected chi connectivity index (χ3v) is 4.19. The normalized spacial score (nSPS) is 42.7. The van der Waals surface area contributed by atoms with Crippen molar-refractivity contribution in [3.63, 3.8) is 0 Å². The summed E-state index contributed by atoms with van der Waals surface area (Å²) in [5.74, 6) is -0.0485. The van der Waals surface area contributed by atoms with Crippen molar-refractivity contribution in [1.82, 2.24) is 0 Å². The third-order valence-electron chi connectivity index (χ3n) is 4.19. The number of carboxylic acids is 1. The van der Waals surface area contributed by atoms with Crippen LogP contribution in [-0.4, -0.2) is 23.3 Å². The van der Waals surface area contributed by atoms with E-state index in [-0.39, 0.29) is 5.41 Å². The minimum Gasteiger partial charge on any atom is -0.481 e. The zero-order chi connectivity index (χ0) is 9.76. The monoisotopic (exact) mass is 196 g/mol. The third kappa shape index (κ3) is 1.18. The summed E-state index contributed by atoms with van der Waals surface area (Å²) in [4.78, 5) is 11.0. The van der Waals surface area contributed by atoms with Crippen LogP contribution in [0.4, 0.5) is 0 Å². The molecule has 2 heterocycles. The van der Waals surface area contributed by atoms with Gasteiger partial charge in [-0.3, -0.25) is 4.79 Å². The van der Waals surface area contributed by atoms with Crippen LogP contribution in [-0.2, 0) is 9.53 Å². The predicted octanol–water partition coefficient (Wildman–Crippen LogP) is 1.81. The van der Waals surface area contributed by atoms with E-state index in [1.54, 1.807) is 0 Å².